The Bertz CT molecular complexity index is 946. The lowest BCUT2D eigenvalue weighted by Gasteiger charge is -2.45. The molecule has 0 N–H and O–H groups in total. The molecule has 1 aliphatic carbocycles. The van der Waals surface area contributed by atoms with E-state index in [1.165, 1.54) is 0 Å². The van der Waals surface area contributed by atoms with Crippen LogP contribution in [0.2, 0.25) is 0 Å². The van der Waals surface area contributed by atoms with E-state index >= 15 is 0 Å². The molecule has 2 aliphatic rings. The number of nitrogens with zero attached hydrogens (tertiary/aromatic N) is 1. The molecule has 2 fully saturated rings. The lowest BCUT2D eigenvalue weighted by molar-refractivity contribution is -0.146. The Balaban J connectivity index is 1.72. The average Bonchev–Trinajstić information content (AvgIpc) is 2.73. The third-order valence-electron chi connectivity index (χ3n) is 6.84. The smallest absolute Gasteiger partial charge is 0.251 e. The van der Waals surface area contributed by atoms with Crippen molar-refractivity contribution >= 4 is 17.5 Å². The van der Waals surface area contributed by atoms with Crippen molar-refractivity contribution in [2.24, 2.45) is 5.41 Å². The number of hydrogen-bond acceptors (Lipinski definition) is 4. The molecule has 1 aromatic carbocycles. The molecule has 1 saturated heterocycles. The second-order valence-electron chi connectivity index (χ2n) is 9.21. The quantitative estimate of drug-likeness (QED) is 0.400. The van der Waals surface area contributed by atoms with Crippen molar-refractivity contribution in [3.63, 3.8) is 0 Å². The molecule has 5 nitrogen and oxygen atoms in total. The Hall–Kier alpha value is -2.71. The highest BCUT2D eigenvalue weighted by Gasteiger charge is 2.48. The highest BCUT2D eigenvalue weighted by Crippen LogP contribution is 2.46. The lowest BCUT2D eigenvalue weighted by atomic mass is 9.62. The van der Waals surface area contributed by atoms with Crippen LogP contribution in [-0.2, 0) is 19.1 Å². The van der Waals surface area contributed by atoms with E-state index in [9.17, 15) is 14.4 Å². The van der Waals surface area contributed by atoms with Crippen LogP contribution in [0.15, 0.2) is 24.8 Å². The highest BCUT2D eigenvalue weighted by atomic mass is 16.5. The number of benzene rings is 1. The minimum Gasteiger partial charge on any atom is -0.365 e. The summed E-state index contributed by atoms with van der Waals surface area (Å²) >= 11 is 0. The van der Waals surface area contributed by atoms with Crippen LogP contribution in [-0.4, -0.2) is 48.2 Å². The summed E-state index contributed by atoms with van der Waals surface area (Å²) in [5, 5.41) is 0. The average molecular weight is 436 g/mol. The van der Waals surface area contributed by atoms with Gasteiger partial charge in [-0.15, -0.1) is 12.5 Å². The van der Waals surface area contributed by atoms with Gasteiger partial charge in [0.15, 0.2) is 0 Å². The molecule has 0 radical (unpaired) electrons. The SMILES string of the molecule is C=CCOC(C)C(=O)N1CCC2(CC1)CC(=O)C(c1c(C)cc(C#CC)cc1C)C(=O)C2. The van der Waals surface area contributed by atoms with E-state index in [-0.39, 0.29) is 22.9 Å². The van der Waals surface area contributed by atoms with Crippen molar-refractivity contribution in [1.29, 1.82) is 0 Å². The second-order valence-corrected chi connectivity index (χ2v) is 9.21. The van der Waals surface area contributed by atoms with Crippen LogP contribution >= 0.6 is 0 Å². The number of hydrogen-bond donors (Lipinski definition) is 0. The van der Waals surface area contributed by atoms with Crippen LogP contribution in [0.25, 0.3) is 0 Å². The Morgan fingerprint density at radius 2 is 1.78 bits per heavy atom. The van der Waals surface area contributed by atoms with Crippen molar-refractivity contribution in [1.82, 2.24) is 4.90 Å². The normalized spacial score (nSPS) is 19.4. The standard InChI is InChI=1S/C27H33NO4/c1-6-8-21-14-18(3)24(19(4)15-21)25-22(29)16-27(17-23(25)30)9-11-28(12-10-27)26(31)20(5)32-13-7-2/h7,14-15,20,25H,2,9-13,16-17H2,1,3-5H3. The van der Waals surface area contributed by atoms with Gasteiger partial charge in [-0.1, -0.05) is 12.0 Å². The molecule has 0 bridgehead atoms. The number of Topliss-reactive ketones (excluding diaryl/α,β-unsaturated/α-hetero) is 2. The molecule has 1 unspecified atom stereocenters. The maximum Gasteiger partial charge on any atom is 0.251 e. The van der Waals surface area contributed by atoms with Gasteiger partial charge in [-0.3, -0.25) is 14.4 Å². The first-order valence-corrected chi connectivity index (χ1v) is 11.3. The maximum absolute atomic E-state index is 13.3. The molecule has 3 rings (SSSR count). The van der Waals surface area contributed by atoms with Crippen LogP contribution in [0.1, 0.15) is 67.7 Å². The molecular formula is C27H33NO4. The molecule has 0 aromatic heterocycles. The van der Waals surface area contributed by atoms with Crippen LogP contribution in [0.5, 0.6) is 0 Å². The largest absolute Gasteiger partial charge is 0.365 e. The van der Waals surface area contributed by atoms with Gasteiger partial charge in [-0.25, -0.2) is 0 Å². The fraction of sp³-hybridized carbons (Fsp3) is 0.519. The minimum absolute atomic E-state index is 0.00392. The van der Waals surface area contributed by atoms with Gasteiger partial charge >= 0.3 is 0 Å². The summed E-state index contributed by atoms with van der Waals surface area (Å²) in [5.74, 6) is 5.23. The van der Waals surface area contributed by atoms with E-state index in [4.69, 9.17) is 4.74 Å². The van der Waals surface area contributed by atoms with Crippen molar-refractivity contribution in [3.05, 3.63) is 47.0 Å². The van der Waals surface area contributed by atoms with E-state index in [1.54, 1.807) is 24.8 Å². The van der Waals surface area contributed by atoms with Gasteiger partial charge in [0.2, 0.25) is 0 Å². The van der Waals surface area contributed by atoms with Gasteiger partial charge in [-0.05, 0) is 74.8 Å². The Morgan fingerprint density at radius 1 is 1.22 bits per heavy atom. The van der Waals surface area contributed by atoms with Crippen LogP contribution in [0.4, 0.5) is 0 Å². The van der Waals surface area contributed by atoms with Crippen molar-refractivity contribution in [3.8, 4) is 11.8 Å². The number of carbonyl (C=O) groups is 3. The molecule has 1 aromatic rings. The van der Waals surface area contributed by atoms with Gasteiger partial charge in [0.1, 0.15) is 23.6 Å². The molecule has 1 amide bonds. The topological polar surface area (TPSA) is 63.7 Å². The molecule has 1 spiro atoms. The summed E-state index contributed by atoms with van der Waals surface area (Å²) < 4.78 is 5.46. The summed E-state index contributed by atoms with van der Waals surface area (Å²) in [6.07, 6.45) is 3.22. The van der Waals surface area contributed by atoms with Crippen LogP contribution in [0.3, 0.4) is 0 Å². The van der Waals surface area contributed by atoms with Gasteiger partial charge < -0.3 is 9.64 Å². The molecule has 5 heteroatoms. The lowest BCUT2D eigenvalue weighted by Crippen LogP contribution is -2.50. The van der Waals surface area contributed by atoms with E-state index in [0.717, 1.165) is 22.3 Å². The molecule has 1 saturated carbocycles. The van der Waals surface area contributed by atoms with Gasteiger partial charge in [0.05, 0.1) is 6.61 Å². The number of likely N-dealkylation sites (tertiary alicyclic amines) is 1. The Kier molecular flexibility index (Phi) is 7.36. The Morgan fingerprint density at radius 3 is 2.28 bits per heavy atom. The number of piperidine rings is 1. The fourth-order valence-electron chi connectivity index (χ4n) is 5.25. The number of aryl methyl sites for hydroxylation is 2. The van der Waals surface area contributed by atoms with Gasteiger partial charge in [-0.2, -0.15) is 0 Å². The maximum atomic E-state index is 13.3. The fourth-order valence-corrected chi connectivity index (χ4v) is 5.25. The number of carbonyl (C=O) groups excluding carboxylic acids is 3. The van der Waals surface area contributed by atoms with Gasteiger partial charge in [0, 0.05) is 31.5 Å². The molecule has 170 valence electrons. The molecule has 1 aliphatic heterocycles. The van der Waals surface area contributed by atoms with Crippen molar-refractivity contribution in [2.45, 2.75) is 65.4 Å². The summed E-state index contributed by atoms with van der Waals surface area (Å²) in [6.45, 7) is 12.5. The minimum atomic E-state index is -0.684. The summed E-state index contributed by atoms with van der Waals surface area (Å²) in [6, 6.07) is 3.92. The van der Waals surface area contributed by atoms with Crippen molar-refractivity contribution < 1.29 is 19.1 Å². The van der Waals surface area contributed by atoms with Crippen LogP contribution in [0, 0.1) is 31.1 Å². The third kappa shape index (κ3) is 4.86. The number of ketones is 2. The number of rotatable bonds is 5. The molecule has 1 heterocycles. The van der Waals surface area contributed by atoms with E-state index in [1.807, 2.05) is 26.0 Å². The van der Waals surface area contributed by atoms with E-state index in [2.05, 4.69) is 18.4 Å². The molecule has 1 atom stereocenters. The molecular weight excluding hydrogens is 402 g/mol. The zero-order chi connectivity index (χ0) is 23.5. The second kappa shape index (κ2) is 9.83. The number of ether oxygens (including phenoxy) is 1. The summed E-state index contributed by atoms with van der Waals surface area (Å²) in [4.78, 5) is 41.0. The molecule has 32 heavy (non-hydrogen) atoms. The highest BCUT2D eigenvalue weighted by molar-refractivity contribution is 6.10. The predicted octanol–water partition coefficient (Wildman–Crippen LogP) is 3.89. The first-order valence-electron chi connectivity index (χ1n) is 11.3. The van der Waals surface area contributed by atoms with E-state index in [0.29, 0.717) is 45.4 Å². The van der Waals surface area contributed by atoms with Gasteiger partial charge in [0.25, 0.3) is 5.91 Å². The predicted molar refractivity (Wildman–Crippen MR) is 124 cm³/mol. The number of amides is 1. The summed E-state index contributed by atoms with van der Waals surface area (Å²) in [5.41, 5.74) is 3.31. The zero-order valence-corrected chi connectivity index (χ0v) is 19.6. The third-order valence-corrected chi connectivity index (χ3v) is 6.84. The summed E-state index contributed by atoms with van der Waals surface area (Å²) in [7, 11) is 0. The monoisotopic (exact) mass is 435 g/mol. The van der Waals surface area contributed by atoms with Crippen LogP contribution < -0.4 is 0 Å². The Labute approximate surface area is 191 Å². The zero-order valence-electron chi connectivity index (χ0n) is 19.6. The van der Waals surface area contributed by atoms with Crippen molar-refractivity contribution in [2.75, 3.05) is 19.7 Å². The van der Waals surface area contributed by atoms with E-state index < -0.39 is 12.0 Å². The first kappa shape index (κ1) is 23.9. The first-order chi connectivity index (χ1) is 15.2.